The van der Waals surface area contributed by atoms with E-state index in [-0.39, 0.29) is 0 Å². The minimum Gasteiger partial charge on any atom is -0.463 e. The van der Waals surface area contributed by atoms with Crippen LogP contribution in [0.2, 0.25) is 0 Å². The van der Waals surface area contributed by atoms with Crippen LogP contribution in [0.15, 0.2) is 0 Å². The lowest BCUT2D eigenvalue weighted by molar-refractivity contribution is -0.156. The van der Waals surface area contributed by atoms with Gasteiger partial charge in [-0.15, -0.1) is 0 Å². The van der Waals surface area contributed by atoms with E-state index < -0.39 is 42.6 Å². The Kier molecular flexibility index (Phi) is 14.4. The molecule has 0 amide bonds. The van der Waals surface area contributed by atoms with Crippen molar-refractivity contribution in [2.75, 3.05) is 13.2 Å². The molecular weight excluding hydrogens is 388 g/mol. The first-order chi connectivity index (χ1) is 14.5. The maximum Gasteiger partial charge on any atom is 0.344 e. The van der Waals surface area contributed by atoms with Crippen molar-refractivity contribution in [3.63, 3.8) is 0 Å². The first kappa shape index (κ1) is 26.6. The highest BCUT2D eigenvalue weighted by Crippen LogP contribution is 2.19. The number of hydrogen-bond acceptors (Lipinski definition) is 7. The third-order valence-electron chi connectivity index (χ3n) is 5.34. The van der Waals surface area contributed by atoms with Crippen LogP contribution in [0.5, 0.6) is 0 Å². The predicted molar refractivity (Wildman–Crippen MR) is 113 cm³/mol. The van der Waals surface area contributed by atoms with Crippen molar-refractivity contribution < 1.29 is 33.7 Å². The zero-order valence-electron chi connectivity index (χ0n) is 18.7. The summed E-state index contributed by atoms with van der Waals surface area (Å²) in [4.78, 5) is 34.8. The lowest BCUT2D eigenvalue weighted by Crippen LogP contribution is -2.38. The van der Waals surface area contributed by atoms with Crippen LogP contribution in [-0.4, -0.2) is 54.4 Å². The number of rotatable bonds is 18. The van der Waals surface area contributed by atoms with Crippen LogP contribution >= 0.6 is 0 Å². The molecular formula is C23H40O7. The number of ketones is 1. The zero-order chi connectivity index (χ0) is 22.2. The molecule has 7 nitrogen and oxygen atoms in total. The summed E-state index contributed by atoms with van der Waals surface area (Å²) >= 11 is 0. The molecule has 0 aromatic heterocycles. The monoisotopic (exact) mass is 428 g/mol. The maximum absolute atomic E-state index is 12.2. The van der Waals surface area contributed by atoms with Gasteiger partial charge in [-0.1, -0.05) is 84.0 Å². The van der Waals surface area contributed by atoms with E-state index in [1.165, 1.54) is 71.1 Å². The molecule has 0 saturated carbocycles. The van der Waals surface area contributed by atoms with Gasteiger partial charge in [0.2, 0.25) is 11.9 Å². The summed E-state index contributed by atoms with van der Waals surface area (Å²) in [6.45, 7) is 3.34. The molecule has 30 heavy (non-hydrogen) atoms. The molecule has 1 heterocycles. The van der Waals surface area contributed by atoms with E-state index in [0.29, 0.717) is 6.61 Å². The maximum atomic E-state index is 12.2. The van der Waals surface area contributed by atoms with Crippen molar-refractivity contribution in [3.8, 4) is 0 Å². The number of ether oxygens (including phenoxy) is 3. The van der Waals surface area contributed by atoms with E-state index in [9.17, 15) is 19.5 Å². The third-order valence-corrected chi connectivity index (χ3v) is 5.34. The van der Waals surface area contributed by atoms with Gasteiger partial charge in [0.05, 0.1) is 0 Å². The Morgan fingerprint density at radius 1 is 0.933 bits per heavy atom. The van der Waals surface area contributed by atoms with Crippen LogP contribution in [0.1, 0.15) is 97.3 Å². The average molecular weight is 429 g/mol. The van der Waals surface area contributed by atoms with Crippen LogP contribution in [-0.2, 0) is 28.6 Å². The molecule has 1 unspecified atom stereocenters. The lowest BCUT2D eigenvalue weighted by Gasteiger charge is -2.15. The standard InChI is InChI=1S/C23H40O7/c1-3-4-5-6-7-8-9-10-11-12-13-14-15-16-28-22-20(26)21(30-23(22)27)19(25)17-29-18(2)24/h19,21-22,25H,3-17H2,1-2H3/t19-,21+,22?/m0/s1. The number of esters is 2. The molecule has 1 rings (SSSR count). The molecule has 0 aliphatic carbocycles. The number of Topliss-reactive ketones (excluding diaryl/α,β-unsaturated/α-hetero) is 1. The molecule has 1 fully saturated rings. The van der Waals surface area contributed by atoms with Gasteiger partial charge in [-0.25, -0.2) is 4.79 Å². The second-order valence-electron chi connectivity index (χ2n) is 8.12. The fourth-order valence-corrected chi connectivity index (χ4v) is 3.54. The van der Waals surface area contributed by atoms with Gasteiger partial charge < -0.3 is 19.3 Å². The molecule has 1 N–H and O–H groups in total. The number of unbranched alkanes of at least 4 members (excludes halogenated alkanes) is 12. The second kappa shape index (κ2) is 16.3. The predicted octanol–water partition coefficient (Wildman–Crippen LogP) is 3.88. The van der Waals surface area contributed by atoms with Crippen LogP contribution < -0.4 is 0 Å². The molecule has 0 spiro atoms. The Morgan fingerprint density at radius 3 is 1.93 bits per heavy atom. The molecule has 1 aliphatic heterocycles. The van der Waals surface area contributed by atoms with Crippen LogP contribution in [0.25, 0.3) is 0 Å². The summed E-state index contributed by atoms with van der Waals surface area (Å²) in [5.41, 5.74) is 0. The topological polar surface area (TPSA) is 99.1 Å². The zero-order valence-corrected chi connectivity index (χ0v) is 18.7. The Bertz CT molecular complexity index is 506. The van der Waals surface area contributed by atoms with E-state index in [1.54, 1.807) is 0 Å². The third kappa shape index (κ3) is 11.1. The first-order valence-corrected chi connectivity index (χ1v) is 11.6. The highest BCUT2D eigenvalue weighted by molar-refractivity contribution is 6.09. The fourth-order valence-electron chi connectivity index (χ4n) is 3.54. The van der Waals surface area contributed by atoms with Gasteiger partial charge in [0.15, 0.2) is 6.10 Å². The number of cyclic esters (lactones) is 1. The van der Waals surface area contributed by atoms with Gasteiger partial charge in [0.1, 0.15) is 12.7 Å². The Morgan fingerprint density at radius 2 is 1.43 bits per heavy atom. The van der Waals surface area contributed by atoms with Crippen LogP contribution in [0.4, 0.5) is 0 Å². The molecule has 1 saturated heterocycles. The van der Waals surface area contributed by atoms with Gasteiger partial charge >= 0.3 is 11.9 Å². The minimum absolute atomic E-state index is 0.302. The van der Waals surface area contributed by atoms with Gasteiger partial charge in [-0.05, 0) is 6.42 Å². The number of carbonyl (C=O) groups is 3. The van der Waals surface area contributed by atoms with Gasteiger partial charge in [0, 0.05) is 13.5 Å². The van der Waals surface area contributed by atoms with E-state index in [4.69, 9.17) is 9.47 Å². The summed E-state index contributed by atoms with van der Waals surface area (Å²) in [6, 6.07) is 0. The number of aliphatic hydroxyl groups excluding tert-OH is 1. The molecule has 0 radical (unpaired) electrons. The lowest BCUT2D eigenvalue weighted by atomic mass is 10.0. The number of carbonyl (C=O) groups excluding carboxylic acids is 3. The van der Waals surface area contributed by atoms with E-state index in [2.05, 4.69) is 11.7 Å². The first-order valence-electron chi connectivity index (χ1n) is 11.6. The smallest absolute Gasteiger partial charge is 0.344 e. The highest BCUT2D eigenvalue weighted by Gasteiger charge is 2.47. The van der Waals surface area contributed by atoms with Gasteiger partial charge in [-0.3, -0.25) is 9.59 Å². The van der Waals surface area contributed by atoms with Gasteiger partial charge in [-0.2, -0.15) is 0 Å². The van der Waals surface area contributed by atoms with Crippen molar-refractivity contribution >= 4 is 17.7 Å². The number of hydrogen-bond donors (Lipinski definition) is 1. The van der Waals surface area contributed by atoms with E-state index >= 15 is 0 Å². The molecule has 3 atom stereocenters. The summed E-state index contributed by atoms with van der Waals surface area (Å²) in [5.74, 6) is -1.99. The quantitative estimate of drug-likeness (QED) is 0.201. The van der Waals surface area contributed by atoms with Gasteiger partial charge in [0.25, 0.3) is 0 Å². The van der Waals surface area contributed by atoms with Crippen molar-refractivity contribution in [3.05, 3.63) is 0 Å². The van der Waals surface area contributed by atoms with Crippen LogP contribution in [0.3, 0.4) is 0 Å². The summed E-state index contributed by atoms with van der Waals surface area (Å²) < 4.78 is 14.9. The Labute approximate surface area is 180 Å². The molecule has 0 aromatic carbocycles. The average Bonchev–Trinajstić information content (AvgIpc) is 3.00. The fraction of sp³-hybridized carbons (Fsp3) is 0.870. The summed E-state index contributed by atoms with van der Waals surface area (Å²) in [5, 5.41) is 9.87. The highest BCUT2D eigenvalue weighted by atomic mass is 16.6. The minimum atomic E-state index is -1.38. The molecule has 0 bridgehead atoms. The van der Waals surface area contributed by atoms with Crippen molar-refractivity contribution in [1.29, 1.82) is 0 Å². The Balaban J connectivity index is 2.01. The van der Waals surface area contributed by atoms with Crippen LogP contribution in [0, 0.1) is 0 Å². The molecule has 1 aliphatic rings. The second-order valence-corrected chi connectivity index (χ2v) is 8.12. The normalized spacial score (nSPS) is 19.7. The SMILES string of the molecule is CCCCCCCCCCCCCCCOC1C(=O)O[C@H]([C@@H](O)COC(C)=O)C1=O. The van der Waals surface area contributed by atoms with E-state index in [1.807, 2.05) is 0 Å². The molecule has 7 heteroatoms. The Hall–Kier alpha value is -1.47. The molecule has 0 aromatic rings. The van der Waals surface area contributed by atoms with Crippen molar-refractivity contribution in [2.24, 2.45) is 0 Å². The summed E-state index contributed by atoms with van der Waals surface area (Å²) in [7, 11) is 0. The number of aliphatic hydroxyl groups is 1. The van der Waals surface area contributed by atoms with Crippen molar-refractivity contribution in [1.82, 2.24) is 0 Å². The summed E-state index contributed by atoms with van der Waals surface area (Å²) in [6.07, 6.45) is 12.1. The largest absolute Gasteiger partial charge is 0.463 e. The molecule has 174 valence electrons. The van der Waals surface area contributed by atoms with E-state index in [0.717, 1.165) is 19.3 Å². The van der Waals surface area contributed by atoms with Crippen molar-refractivity contribution in [2.45, 2.75) is 116 Å².